The van der Waals surface area contributed by atoms with Crippen LogP contribution in [0.3, 0.4) is 0 Å². The van der Waals surface area contributed by atoms with E-state index in [-0.39, 0.29) is 18.3 Å². The maximum absolute atomic E-state index is 13.4. The molecule has 1 fully saturated rings. The zero-order chi connectivity index (χ0) is 26.2. The van der Waals surface area contributed by atoms with Crippen LogP contribution in [0.25, 0.3) is 0 Å². The van der Waals surface area contributed by atoms with Crippen molar-refractivity contribution in [3.8, 4) is 0 Å². The Morgan fingerprint density at radius 2 is 1.92 bits per heavy atom. The zero-order valence-electron chi connectivity index (χ0n) is 20.4. The lowest BCUT2D eigenvalue weighted by atomic mass is 9.84. The molecule has 8 nitrogen and oxygen atoms in total. The van der Waals surface area contributed by atoms with E-state index in [4.69, 9.17) is 11.6 Å². The first kappa shape index (κ1) is 26.0. The molecule has 2 N–H and O–H groups in total. The van der Waals surface area contributed by atoms with Crippen LogP contribution in [0.5, 0.6) is 0 Å². The van der Waals surface area contributed by atoms with Crippen molar-refractivity contribution in [1.29, 1.82) is 0 Å². The number of anilines is 2. The highest BCUT2D eigenvalue weighted by Gasteiger charge is 2.38. The van der Waals surface area contributed by atoms with Gasteiger partial charge in [0.1, 0.15) is 6.04 Å². The number of carbonyl (C=O) groups is 1. The number of rotatable bonds is 6. The first-order valence-electron chi connectivity index (χ1n) is 12.3. The average Bonchev–Trinajstić information content (AvgIpc) is 3.40. The largest absolute Gasteiger partial charge is 0.385 e. The molecule has 11 heteroatoms. The standard InChI is InChI=1S/C26H29ClN4O4S2.H2/c1-18(31-13-2-3-19-17-21(27)6-9-23(19)31)24(32)30-14-10-26(33,11-15-30)20-4-7-22(8-5-20)37(34,35)29-25-28-12-16-36-25;/h4-9,12,16-18,33H,2-3,10-11,13-15H2,1H3,(H,28,29);1H/t18-;/m0./s1. The fourth-order valence-electron chi connectivity index (χ4n) is 5.17. The predicted octanol–water partition coefficient (Wildman–Crippen LogP) is 4.49. The maximum Gasteiger partial charge on any atom is 0.263 e. The van der Waals surface area contributed by atoms with E-state index in [2.05, 4.69) is 14.6 Å². The summed E-state index contributed by atoms with van der Waals surface area (Å²) < 4.78 is 27.7. The number of hydrogen-bond donors (Lipinski definition) is 2. The molecule has 0 aliphatic carbocycles. The van der Waals surface area contributed by atoms with E-state index in [0.29, 0.717) is 41.6 Å². The van der Waals surface area contributed by atoms with Crippen molar-refractivity contribution in [3.05, 3.63) is 70.2 Å². The average molecular weight is 563 g/mol. The molecule has 1 aromatic heterocycles. The van der Waals surface area contributed by atoms with Crippen molar-refractivity contribution in [2.24, 2.45) is 0 Å². The number of thiazole rings is 1. The Morgan fingerprint density at radius 3 is 2.59 bits per heavy atom. The molecule has 5 rings (SSSR count). The molecule has 2 aliphatic rings. The highest BCUT2D eigenvalue weighted by molar-refractivity contribution is 7.93. The van der Waals surface area contributed by atoms with Crippen LogP contribution in [-0.2, 0) is 26.8 Å². The highest BCUT2D eigenvalue weighted by Crippen LogP contribution is 2.35. The van der Waals surface area contributed by atoms with Gasteiger partial charge in [0.25, 0.3) is 10.0 Å². The Kier molecular flexibility index (Phi) is 7.19. The first-order chi connectivity index (χ1) is 17.7. The van der Waals surface area contributed by atoms with Gasteiger partial charge in [0.15, 0.2) is 5.13 Å². The van der Waals surface area contributed by atoms with Crippen LogP contribution in [-0.4, -0.2) is 55.0 Å². The normalized spacial score (nSPS) is 18.2. The lowest BCUT2D eigenvalue weighted by molar-refractivity contribution is -0.136. The smallest absolute Gasteiger partial charge is 0.263 e. The molecule has 0 bridgehead atoms. The van der Waals surface area contributed by atoms with Crippen LogP contribution < -0.4 is 9.62 Å². The molecule has 1 saturated heterocycles. The summed E-state index contributed by atoms with van der Waals surface area (Å²) in [5.74, 6) is 0.0413. The predicted molar refractivity (Wildman–Crippen MR) is 148 cm³/mol. The van der Waals surface area contributed by atoms with Crippen LogP contribution >= 0.6 is 22.9 Å². The fraction of sp³-hybridized carbons (Fsp3) is 0.385. The van der Waals surface area contributed by atoms with Gasteiger partial charge in [-0.15, -0.1) is 11.3 Å². The van der Waals surface area contributed by atoms with Crippen LogP contribution in [0.2, 0.25) is 5.02 Å². The third-order valence-corrected chi connectivity index (χ3v) is 9.69. The molecule has 1 atom stereocenters. The second kappa shape index (κ2) is 10.2. The zero-order valence-corrected chi connectivity index (χ0v) is 22.8. The summed E-state index contributed by atoms with van der Waals surface area (Å²) in [5.41, 5.74) is 1.74. The number of amides is 1. The number of aromatic nitrogens is 1. The monoisotopic (exact) mass is 562 g/mol. The van der Waals surface area contributed by atoms with Crippen molar-refractivity contribution in [2.45, 2.75) is 49.1 Å². The number of hydrogen-bond acceptors (Lipinski definition) is 7. The summed E-state index contributed by atoms with van der Waals surface area (Å²) in [7, 11) is -3.76. The number of halogens is 1. The number of aliphatic hydroxyl groups is 1. The lowest BCUT2D eigenvalue weighted by Crippen LogP contribution is -2.53. The summed E-state index contributed by atoms with van der Waals surface area (Å²) in [5, 5.41) is 14.0. The number of aryl methyl sites for hydroxylation is 1. The quantitative estimate of drug-likeness (QED) is 0.459. The lowest BCUT2D eigenvalue weighted by Gasteiger charge is -2.42. The summed E-state index contributed by atoms with van der Waals surface area (Å²) in [6.45, 7) is 3.59. The van der Waals surface area contributed by atoms with E-state index in [1.807, 2.05) is 30.0 Å². The number of piperidine rings is 1. The third-order valence-electron chi connectivity index (χ3n) is 7.28. The molecule has 1 amide bonds. The number of nitrogens with zero attached hydrogens (tertiary/aromatic N) is 3. The Morgan fingerprint density at radius 1 is 1.19 bits per heavy atom. The second-order valence-electron chi connectivity index (χ2n) is 9.57. The van der Waals surface area contributed by atoms with Gasteiger partial charge in [-0.2, -0.15) is 0 Å². The van der Waals surface area contributed by atoms with Gasteiger partial charge in [0.2, 0.25) is 5.91 Å². The minimum Gasteiger partial charge on any atom is -0.385 e. The molecule has 3 heterocycles. The highest BCUT2D eigenvalue weighted by atomic mass is 35.5. The second-order valence-corrected chi connectivity index (χ2v) is 12.6. The maximum atomic E-state index is 13.4. The van der Waals surface area contributed by atoms with E-state index < -0.39 is 15.6 Å². The molecule has 2 aromatic carbocycles. The van der Waals surface area contributed by atoms with E-state index in [1.54, 1.807) is 17.5 Å². The van der Waals surface area contributed by atoms with Crippen molar-refractivity contribution in [2.75, 3.05) is 29.3 Å². The van der Waals surface area contributed by atoms with Gasteiger partial charge >= 0.3 is 0 Å². The summed E-state index contributed by atoms with van der Waals surface area (Å²) in [6.07, 6.45) is 4.20. The molecule has 0 spiro atoms. The Hall–Kier alpha value is -2.66. The van der Waals surface area contributed by atoms with Gasteiger partial charge in [-0.05, 0) is 74.1 Å². The number of carbonyl (C=O) groups excluding carboxylic acids is 1. The Labute approximate surface area is 227 Å². The van der Waals surface area contributed by atoms with Gasteiger partial charge in [-0.3, -0.25) is 9.52 Å². The molecule has 2 aliphatic heterocycles. The molecule has 0 saturated carbocycles. The molecule has 3 aromatic rings. The molecular weight excluding hydrogens is 532 g/mol. The molecule has 37 heavy (non-hydrogen) atoms. The Balaban J connectivity index is 0.00000336. The Bertz CT molecular complexity index is 1380. The van der Waals surface area contributed by atoms with Gasteiger partial charge in [0, 0.05) is 43.3 Å². The van der Waals surface area contributed by atoms with E-state index in [9.17, 15) is 18.3 Å². The number of benzene rings is 2. The van der Waals surface area contributed by atoms with Crippen molar-refractivity contribution < 1.29 is 19.7 Å². The van der Waals surface area contributed by atoms with Gasteiger partial charge < -0.3 is 14.9 Å². The minimum atomic E-state index is -3.76. The van der Waals surface area contributed by atoms with Gasteiger partial charge in [-0.1, -0.05) is 23.7 Å². The van der Waals surface area contributed by atoms with Crippen molar-refractivity contribution in [3.63, 3.8) is 0 Å². The van der Waals surface area contributed by atoms with E-state index in [1.165, 1.54) is 35.2 Å². The minimum absolute atomic E-state index is 0. The van der Waals surface area contributed by atoms with Gasteiger partial charge in [0.05, 0.1) is 10.5 Å². The van der Waals surface area contributed by atoms with Crippen LogP contribution in [0.15, 0.2) is 58.9 Å². The fourth-order valence-corrected chi connectivity index (χ4v) is 7.16. The van der Waals surface area contributed by atoms with E-state index >= 15 is 0 Å². The molecule has 198 valence electrons. The first-order valence-corrected chi connectivity index (χ1v) is 15.0. The van der Waals surface area contributed by atoms with Crippen LogP contribution in [0, 0.1) is 0 Å². The SMILES string of the molecule is C[C@@H](C(=O)N1CCC(O)(c2ccc(S(=O)(=O)Nc3nccs3)cc2)CC1)N1CCCc2cc(Cl)ccc21.[HH]. The molecule has 0 radical (unpaired) electrons. The molecule has 0 unspecified atom stereocenters. The number of nitrogens with one attached hydrogen (secondary N) is 1. The summed E-state index contributed by atoms with van der Waals surface area (Å²) in [6, 6.07) is 11.8. The number of sulfonamides is 1. The summed E-state index contributed by atoms with van der Waals surface area (Å²) >= 11 is 7.37. The van der Waals surface area contributed by atoms with Crippen molar-refractivity contribution in [1.82, 2.24) is 9.88 Å². The van der Waals surface area contributed by atoms with E-state index in [0.717, 1.165) is 25.1 Å². The van der Waals surface area contributed by atoms with Crippen molar-refractivity contribution >= 4 is 49.7 Å². The van der Waals surface area contributed by atoms with Crippen LogP contribution in [0.1, 0.15) is 38.7 Å². The number of fused-ring (bicyclic) bond motifs is 1. The molecular formula is C26H31ClN4O4S2. The third kappa shape index (κ3) is 5.34. The van der Waals surface area contributed by atoms with Gasteiger partial charge in [-0.25, -0.2) is 13.4 Å². The topological polar surface area (TPSA) is 103 Å². The van der Waals surface area contributed by atoms with Crippen LogP contribution in [0.4, 0.5) is 10.8 Å². The summed E-state index contributed by atoms with van der Waals surface area (Å²) in [4.78, 5) is 21.4. The number of likely N-dealkylation sites (tertiary alicyclic amines) is 1.